The second kappa shape index (κ2) is 5.69. The van der Waals surface area contributed by atoms with Crippen molar-refractivity contribution in [3.05, 3.63) is 69.0 Å². The van der Waals surface area contributed by atoms with Crippen molar-refractivity contribution in [1.29, 1.82) is 0 Å². The number of rotatable bonds is 2. The minimum atomic E-state index is -1.63. The van der Waals surface area contributed by atoms with E-state index in [4.69, 9.17) is 11.6 Å². The smallest absolute Gasteiger partial charge is 0.161 e. The third-order valence-corrected chi connectivity index (χ3v) is 3.52. The van der Waals surface area contributed by atoms with Crippen molar-refractivity contribution < 1.29 is 22.0 Å². The van der Waals surface area contributed by atoms with Gasteiger partial charge in [0.25, 0.3) is 0 Å². The summed E-state index contributed by atoms with van der Waals surface area (Å²) in [5, 5.41) is -1.63. The SMILES string of the molecule is Fc1cc(F)c(C(Cl)c2c(F)cc(Br)cc2F)cc1F. The lowest BCUT2D eigenvalue weighted by Gasteiger charge is -2.14. The van der Waals surface area contributed by atoms with Crippen molar-refractivity contribution in [1.82, 2.24) is 0 Å². The summed E-state index contributed by atoms with van der Waals surface area (Å²) in [6.07, 6.45) is 0. The second-order valence-corrected chi connectivity index (χ2v) is 5.29. The van der Waals surface area contributed by atoms with Crippen LogP contribution in [0.2, 0.25) is 0 Å². The van der Waals surface area contributed by atoms with Gasteiger partial charge in [-0.15, -0.1) is 11.6 Å². The second-order valence-electron chi connectivity index (χ2n) is 3.93. The summed E-state index contributed by atoms with van der Waals surface area (Å²) >= 11 is 8.68. The fourth-order valence-electron chi connectivity index (χ4n) is 1.68. The van der Waals surface area contributed by atoms with E-state index in [9.17, 15) is 22.0 Å². The molecule has 106 valence electrons. The van der Waals surface area contributed by atoms with Gasteiger partial charge in [-0.25, -0.2) is 22.0 Å². The zero-order chi connectivity index (χ0) is 15.0. The highest BCUT2D eigenvalue weighted by Gasteiger charge is 2.24. The van der Waals surface area contributed by atoms with Gasteiger partial charge >= 0.3 is 0 Å². The first kappa shape index (κ1) is 15.3. The first-order chi connectivity index (χ1) is 9.31. The van der Waals surface area contributed by atoms with Gasteiger partial charge in [0.05, 0.1) is 5.38 Å². The average molecular weight is 372 g/mol. The Kier molecular flexibility index (Phi) is 4.34. The summed E-state index contributed by atoms with van der Waals surface area (Å²) in [5.41, 5.74) is -1.19. The van der Waals surface area contributed by atoms with Crippen LogP contribution in [0.4, 0.5) is 22.0 Å². The maximum Gasteiger partial charge on any atom is 0.161 e. The van der Waals surface area contributed by atoms with Gasteiger partial charge in [0.1, 0.15) is 17.5 Å². The van der Waals surface area contributed by atoms with Gasteiger partial charge in [0, 0.05) is 21.7 Å². The van der Waals surface area contributed by atoms with Crippen LogP contribution in [0, 0.1) is 29.1 Å². The van der Waals surface area contributed by atoms with Crippen molar-refractivity contribution in [3.63, 3.8) is 0 Å². The summed E-state index contributed by atoms with van der Waals surface area (Å²) < 4.78 is 67.1. The van der Waals surface area contributed by atoms with Gasteiger partial charge in [-0.3, -0.25) is 0 Å². The van der Waals surface area contributed by atoms with Crippen LogP contribution >= 0.6 is 27.5 Å². The summed E-state index contributed by atoms with van der Waals surface area (Å²) in [7, 11) is 0. The predicted octanol–water partition coefficient (Wildman–Crippen LogP) is 5.47. The molecule has 0 aliphatic rings. The molecule has 0 amide bonds. The van der Waals surface area contributed by atoms with Crippen molar-refractivity contribution in [3.8, 4) is 0 Å². The maximum absolute atomic E-state index is 13.7. The molecule has 0 saturated carbocycles. The Balaban J connectivity index is 2.57. The molecule has 0 heterocycles. The molecular weight excluding hydrogens is 366 g/mol. The fraction of sp³-hybridized carbons (Fsp3) is 0.0769. The molecule has 2 rings (SSSR count). The van der Waals surface area contributed by atoms with E-state index >= 15 is 0 Å². The Morgan fingerprint density at radius 2 is 1.25 bits per heavy atom. The number of benzene rings is 2. The molecule has 7 heteroatoms. The van der Waals surface area contributed by atoms with Gasteiger partial charge < -0.3 is 0 Å². The molecule has 0 radical (unpaired) electrons. The Bertz CT molecular complexity index is 651. The highest BCUT2D eigenvalue weighted by Crippen LogP contribution is 2.35. The van der Waals surface area contributed by atoms with Crippen molar-refractivity contribution >= 4 is 27.5 Å². The number of hydrogen-bond acceptors (Lipinski definition) is 0. The molecule has 2 aromatic carbocycles. The normalized spacial score (nSPS) is 12.6. The minimum absolute atomic E-state index is 0.130. The van der Waals surface area contributed by atoms with E-state index in [-0.39, 0.29) is 10.5 Å². The van der Waals surface area contributed by atoms with Crippen LogP contribution in [0.1, 0.15) is 16.5 Å². The zero-order valence-corrected chi connectivity index (χ0v) is 11.9. The molecule has 0 saturated heterocycles. The Hall–Kier alpha value is -1.14. The first-order valence-electron chi connectivity index (χ1n) is 5.24. The first-order valence-corrected chi connectivity index (χ1v) is 6.47. The third kappa shape index (κ3) is 2.81. The summed E-state index contributed by atoms with van der Waals surface area (Å²) in [5.74, 6) is -6.01. The van der Waals surface area contributed by atoms with E-state index < -0.39 is 45.6 Å². The number of halogens is 7. The van der Waals surface area contributed by atoms with E-state index in [1.807, 2.05) is 0 Å². The molecule has 0 N–H and O–H groups in total. The third-order valence-electron chi connectivity index (χ3n) is 2.61. The Labute approximate surface area is 124 Å². The molecule has 0 aliphatic carbocycles. The van der Waals surface area contributed by atoms with E-state index in [1.165, 1.54) is 0 Å². The minimum Gasteiger partial charge on any atom is -0.207 e. The zero-order valence-electron chi connectivity index (χ0n) is 9.53. The largest absolute Gasteiger partial charge is 0.207 e. The molecule has 1 unspecified atom stereocenters. The molecule has 1 atom stereocenters. The van der Waals surface area contributed by atoms with Gasteiger partial charge in [0.2, 0.25) is 0 Å². The summed E-state index contributed by atoms with van der Waals surface area (Å²) in [6.45, 7) is 0. The van der Waals surface area contributed by atoms with Crippen LogP contribution in [0.3, 0.4) is 0 Å². The van der Waals surface area contributed by atoms with Gasteiger partial charge in [-0.1, -0.05) is 15.9 Å². The van der Waals surface area contributed by atoms with Crippen LogP contribution in [0.15, 0.2) is 28.7 Å². The van der Waals surface area contributed by atoms with E-state index in [1.54, 1.807) is 0 Å². The molecular formula is C13H5BrClF5. The van der Waals surface area contributed by atoms with Gasteiger partial charge in [-0.2, -0.15) is 0 Å². The molecule has 0 aliphatic heterocycles. The maximum atomic E-state index is 13.7. The quantitative estimate of drug-likeness (QED) is 0.373. The fourth-order valence-corrected chi connectivity index (χ4v) is 2.46. The standard InChI is InChI=1S/C13H5BrClF5/c14-5-1-10(19)12(11(20)2-5)13(15)6-3-8(17)9(18)4-7(6)16/h1-4,13H. The van der Waals surface area contributed by atoms with Crippen LogP contribution in [-0.2, 0) is 0 Å². The molecule has 2 aromatic rings. The number of alkyl halides is 1. The van der Waals surface area contributed by atoms with Crippen LogP contribution in [-0.4, -0.2) is 0 Å². The molecule has 0 nitrogen and oxygen atoms in total. The van der Waals surface area contributed by atoms with Crippen molar-refractivity contribution in [2.75, 3.05) is 0 Å². The van der Waals surface area contributed by atoms with Crippen LogP contribution < -0.4 is 0 Å². The molecule has 0 aromatic heterocycles. The Morgan fingerprint density at radius 1 is 0.750 bits per heavy atom. The lowest BCUT2D eigenvalue weighted by Crippen LogP contribution is -2.05. The number of hydrogen-bond donors (Lipinski definition) is 0. The predicted molar refractivity (Wildman–Crippen MR) is 68.1 cm³/mol. The monoisotopic (exact) mass is 370 g/mol. The molecule has 0 spiro atoms. The van der Waals surface area contributed by atoms with E-state index in [2.05, 4.69) is 15.9 Å². The summed E-state index contributed by atoms with van der Waals surface area (Å²) in [6, 6.07) is 2.62. The molecule has 0 bridgehead atoms. The van der Waals surface area contributed by atoms with E-state index in [0.717, 1.165) is 12.1 Å². The lowest BCUT2D eigenvalue weighted by atomic mass is 10.0. The highest BCUT2D eigenvalue weighted by molar-refractivity contribution is 9.10. The van der Waals surface area contributed by atoms with E-state index in [0.29, 0.717) is 6.07 Å². The van der Waals surface area contributed by atoms with Gasteiger partial charge in [-0.05, 0) is 18.2 Å². The topological polar surface area (TPSA) is 0 Å². The van der Waals surface area contributed by atoms with Crippen LogP contribution in [0.25, 0.3) is 0 Å². The molecule has 20 heavy (non-hydrogen) atoms. The van der Waals surface area contributed by atoms with Crippen molar-refractivity contribution in [2.24, 2.45) is 0 Å². The summed E-state index contributed by atoms with van der Waals surface area (Å²) in [4.78, 5) is 0. The average Bonchev–Trinajstić information content (AvgIpc) is 2.32. The van der Waals surface area contributed by atoms with Crippen molar-refractivity contribution in [2.45, 2.75) is 5.38 Å². The Morgan fingerprint density at radius 3 is 1.80 bits per heavy atom. The highest BCUT2D eigenvalue weighted by atomic mass is 79.9. The molecule has 0 fully saturated rings. The van der Waals surface area contributed by atoms with Crippen LogP contribution in [0.5, 0.6) is 0 Å². The van der Waals surface area contributed by atoms with Gasteiger partial charge in [0.15, 0.2) is 11.6 Å². The lowest BCUT2D eigenvalue weighted by molar-refractivity contribution is 0.489.